The van der Waals surface area contributed by atoms with Crippen molar-refractivity contribution in [3.05, 3.63) is 22.8 Å². The maximum absolute atomic E-state index is 5.77. The number of fused-ring (bicyclic) bond motifs is 1. The Balaban J connectivity index is 1.89. The van der Waals surface area contributed by atoms with Gasteiger partial charge in [-0.3, -0.25) is 4.68 Å². The molecule has 2 heterocycles. The Bertz CT molecular complexity index is 549. The van der Waals surface area contributed by atoms with Crippen molar-refractivity contribution in [3.63, 3.8) is 0 Å². The molecule has 1 atom stereocenters. The van der Waals surface area contributed by atoms with Gasteiger partial charge in [-0.1, -0.05) is 15.9 Å². The van der Waals surface area contributed by atoms with Crippen LogP contribution in [0.15, 0.2) is 22.8 Å². The van der Waals surface area contributed by atoms with Gasteiger partial charge >= 0.3 is 0 Å². The predicted octanol–water partition coefficient (Wildman–Crippen LogP) is 2.50. The van der Waals surface area contributed by atoms with Crippen molar-refractivity contribution in [2.75, 3.05) is 13.2 Å². The highest BCUT2D eigenvalue weighted by atomic mass is 79.9. The Morgan fingerprint density at radius 1 is 1.59 bits per heavy atom. The van der Waals surface area contributed by atoms with Crippen molar-refractivity contribution in [1.82, 2.24) is 9.78 Å². The minimum absolute atomic E-state index is 0.248. The fourth-order valence-corrected chi connectivity index (χ4v) is 2.30. The first-order valence-corrected chi connectivity index (χ1v) is 6.39. The lowest BCUT2D eigenvalue weighted by Gasteiger charge is -2.26. The molecule has 0 spiro atoms. The minimum atomic E-state index is 0.248. The normalized spacial score (nSPS) is 19.3. The van der Waals surface area contributed by atoms with E-state index in [9.17, 15) is 0 Å². The zero-order valence-corrected chi connectivity index (χ0v) is 11.1. The largest absolute Gasteiger partial charge is 0.489 e. The van der Waals surface area contributed by atoms with Crippen LogP contribution in [0.25, 0.3) is 10.9 Å². The molecule has 0 radical (unpaired) electrons. The highest BCUT2D eigenvalue weighted by Gasteiger charge is 2.19. The van der Waals surface area contributed by atoms with E-state index in [0.717, 1.165) is 34.2 Å². The first-order chi connectivity index (χ1) is 8.24. The van der Waals surface area contributed by atoms with E-state index < -0.39 is 0 Å². The average molecular weight is 297 g/mol. The van der Waals surface area contributed by atoms with Gasteiger partial charge < -0.3 is 9.47 Å². The number of ether oxygens (including phenoxy) is 2. The maximum Gasteiger partial charge on any atom is 0.147 e. The second kappa shape index (κ2) is 4.31. The van der Waals surface area contributed by atoms with Gasteiger partial charge in [-0.15, -0.1) is 0 Å². The number of aryl methyl sites for hydroxylation is 1. The number of aromatic nitrogens is 2. The molecular formula is C12H13BrN2O2. The fraction of sp³-hybridized carbons (Fsp3) is 0.417. The van der Waals surface area contributed by atoms with E-state index in [-0.39, 0.29) is 6.10 Å². The van der Waals surface area contributed by atoms with Crippen molar-refractivity contribution in [1.29, 1.82) is 0 Å². The first kappa shape index (κ1) is 11.0. The molecule has 1 unspecified atom stereocenters. The van der Waals surface area contributed by atoms with Crippen LogP contribution >= 0.6 is 15.9 Å². The summed E-state index contributed by atoms with van der Waals surface area (Å²) in [7, 11) is 1.91. The second-order valence-electron chi connectivity index (χ2n) is 4.20. The van der Waals surface area contributed by atoms with Gasteiger partial charge in [-0.2, -0.15) is 5.10 Å². The van der Waals surface area contributed by atoms with Crippen molar-refractivity contribution in [2.45, 2.75) is 12.5 Å². The summed E-state index contributed by atoms with van der Waals surface area (Å²) >= 11 is 3.52. The van der Waals surface area contributed by atoms with Gasteiger partial charge in [-0.25, -0.2) is 0 Å². The lowest BCUT2D eigenvalue weighted by molar-refractivity contribution is -0.0718. The summed E-state index contributed by atoms with van der Waals surface area (Å²) in [4.78, 5) is 0. The molecule has 1 fully saturated rings. The van der Waals surface area contributed by atoms with Crippen molar-refractivity contribution in [2.24, 2.45) is 7.05 Å². The van der Waals surface area contributed by atoms with Gasteiger partial charge in [0.1, 0.15) is 17.9 Å². The molecule has 0 saturated carbocycles. The van der Waals surface area contributed by atoms with Crippen molar-refractivity contribution in [3.8, 4) is 5.75 Å². The quantitative estimate of drug-likeness (QED) is 0.873. The Hall–Kier alpha value is -1.07. The standard InChI is InChI=1S/C12H13BrN2O2/c1-15-6-9-10(13)2-3-11(12(9)14-15)17-7-8-4-5-16-8/h2-3,6,8H,4-5,7H2,1H3. The monoisotopic (exact) mass is 296 g/mol. The van der Waals surface area contributed by atoms with Crippen LogP contribution < -0.4 is 4.74 Å². The molecule has 0 N–H and O–H groups in total. The van der Waals surface area contributed by atoms with E-state index in [4.69, 9.17) is 9.47 Å². The Morgan fingerprint density at radius 3 is 3.12 bits per heavy atom. The highest BCUT2D eigenvalue weighted by Crippen LogP contribution is 2.30. The molecule has 1 aliphatic rings. The Kier molecular flexibility index (Phi) is 2.80. The molecule has 3 rings (SSSR count). The smallest absolute Gasteiger partial charge is 0.147 e. The molecule has 1 aliphatic heterocycles. The van der Waals surface area contributed by atoms with Gasteiger partial charge in [0.05, 0.1) is 6.10 Å². The van der Waals surface area contributed by atoms with Crippen LogP contribution in [-0.4, -0.2) is 29.1 Å². The minimum Gasteiger partial charge on any atom is -0.489 e. The van der Waals surface area contributed by atoms with Crippen LogP contribution in [0.4, 0.5) is 0 Å². The zero-order valence-electron chi connectivity index (χ0n) is 9.52. The first-order valence-electron chi connectivity index (χ1n) is 5.60. The summed E-state index contributed by atoms with van der Waals surface area (Å²) in [5.74, 6) is 0.819. The van der Waals surface area contributed by atoms with Crippen LogP contribution in [-0.2, 0) is 11.8 Å². The third-order valence-electron chi connectivity index (χ3n) is 2.92. The van der Waals surface area contributed by atoms with Gasteiger partial charge in [0.25, 0.3) is 0 Å². The van der Waals surface area contributed by atoms with Gasteiger partial charge in [0, 0.05) is 36.1 Å². The fourth-order valence-electron chi connectivity index (χ4n) is 1.88. The van der Waals surface area contributed by atoms with E-state index in [1.54, 1.807) is 4.68 Å². The van der Waals surface area contributed by atoms with E-state index in [1.807, 2.05) is 25.4 Å². The molecule has 17 heavy (non-hydrogen) atoms. The maximum atomic E-state index is 5.77. The van der Waals surface area contributed by atoms with Crippen molar-refractivity contribution < 1.29 is 9.47 Å². The summed E-state index contributed by atoms with van der Waals surface area (Å²) < 4.78 is 13.9. The van der Waals surface area contributed by atoms with Crippen LogP contribution in [0.3, 0.4) is 0 Å². The molecule has 5 heteroatoms. The molecule has 0 amide bonds. The molecule has 1 aromatic carbocycles. The lowest BCUT2D eigenvalue weighted by Crippen LogP contribution is -2.32. The van der Waals surface area contributed by atoms with E-state index >= 15 is 0 Å². The van der Waals surface area contributed by atoms with Gasteiger partial charge in [-0.05, 0) is 12.1 Å². The van der Waals surface area contributed by atoms with E-state index in [0.29, 0.717) is 6.61 Å². The topological polar surface area (TPSA) is 36.3 Å². The number of benzene rings is 1. The Morgan fingerprint density at radius 2 is 2.41 bits per heavy atom. The molecule has 90 valence electrons. The summed E-state index contributed by atoms with van der Waals surface area (Å²) in [6.45, 7) is 1.46. The molecule has 1 aromatic heterocycles. The second-order valence-corrected chi connectivity index (χ2v) is 5.06. The molecule has 1 saturated heterocycles. The predicted molar refractivity (Wildman–Crippen MR) is 68.3 cm³/mol. The summed E-state index contributed by atoms with van der Waals surface area (Å²) in [5, 5.41) is 5.49. The van der Waals surface area contributed by atoms with Crippen LogP contribution in [0.2, 0.25) is 0 Å². The van der Waals surface area contributed by atoms with Crippen LogP contribution in [0.1, 0.15) is 6.42 Å². The summed E-state index contributed by atoms with van der Waals surface area (Å²) in [5.41, 5.74) is 0.890. The zero-order chi connectivity index (χ0) is 11.8. The van der Waals surface area contributed by atoms with Gasteiger partial charge in [0.2, 0.25) is 0 Å². The molecular weight excluding hydrogens is 284 g/mol. The molecule has 0 aliphatic carbocycles. The number of hydrogen-bond acceptors (Lipinski definition) is 3. The SMILES string of the molecule is Cn1cc2c(Br)ccc(OCC3CCO3)c2n1. The molecule has 2 aromatic rings. The summed E-state index contributed by atoms with van der Waals surface area (Å²) in [6, 6.07) is 3.93. The van der Waals surface area contributed by atoms with E-state index in [1.165, 1.54) is 0 Å². The highest BCUT2D eigenvalue weighted by molar-refractivity contribution is 9.10. The number of hydrogen-bond donors (Lipinski definition) is 0. The molecule has 0 bridgehead atoms. The summed E-state index contributed by atoms with van der Waals surface area (Å²) in [6.07, 6.45) is 3.31. The number of halogens is 1. The van der Waals surface area contributed by atoms with E-state index in [2.05, 4.69) is 21.0 Å². The number of rotatable bonds is 3. The van der Waals surface area contributed by atoms with Crippen LogP contribution in [0.5, 0.6) is 5.75 Å². The molecule has 4 nitrogen and oxygen atoms in total. The Labute approximate surface area is 108 Å². The van der Waals surface area contributed by atoms with Gasteiger partial charge in [0.15, 0.2) is 0 Å². The third kappa shape index (κ3) is 2.05. The lowest BCUT2D eigenvalue weighted by atomic mass is 10.2. The van der Waals surface area contributed by atoms with Crippen molar-refractivity contribution >= 4 is 26.8 Å². The third-order valence-corrected chi connectivity index (χ3v) is 3.61. The van der Waals surface area contributed by atoms with Crippen LogP contribution in [0, 0.1) is 0 Å². The average Bonchev–Trinajstić information content (AvgIpc) is 2.62. The number of nitrogens with zero attached hydrogens (tertiary/aromatic N) is 2.